The minimum atomic E-state index is -1.99. The number of amides is 1. The lowest BCUT2D eigenvalue weighted by molar-refractivity contribution is -0.379. The summed E-state index contributed by atoms with van der Waals surface area (Å²) in [5.41, 5.74) is 0. The molecule has 3 aliphatic rings. The fourth-order valence-corrected chi connectivity index (χ4v) is 15.3. The number of carbonyl (C=O) groups excluding carboxylic acids is 1. The number of ether oxygens (including phenoxy) is 6. The zero-order valence-corrected chi connectivity index (χ0v) is 71.5. The largest absolute Gasteiger partial charge is 0.394 e. The molecule has 3 fully saturated rings. The van der Waals surface area contributed by atoms with Gasteiger partial charge in [0.05, 0.1) is 38.6 Å². The van der Waals surface area contributed by atoms with Gasteiger partial charge in [-0.05, 0) is 83.5 Å². The van der Waals surface area contributed by atoms with Crippen molar-refractivity contribution < 1.29 is 89.4 Å². The van der Waals surface area contributed by atoms with E-state index in [1.54, 1.807) is 6.08 Å². The third-order valence-corrected chi connectivity index (χ3v) is 22.6. The molecule has 12 N–H and O–H groups in total. The molecule has 0 aromatic heterocycles. The second-order valence-electron chi connectivity index (χ2n) is 32.7. The smallest absolute Gasteiger partial charge is 0.220 e. The lowest BCUT2D eigenvalue weighted by Gasteiger charge is -2.48. The van der Waals surface area contributed by atoms with E-state index in [-0.39, 0.29) is 18.9 Å². The Kier molecular flexibility index (Phi) is 67.7. The number of aliphatic hydroxyl groups is 11. The number of hydrogen-bond acceptors (Lipinski definition) is 18. The van der Waals surface area contributed by atoms with Gasteiger partial charge in [0.2, 0.25) is 5.91 Å². The summed E-state index contributed by atoms with van der Waals surface area (Å²) >= 11 is 0. The first kappa shape index (κ1) is 105. The minimum absolute atomic E-state index is 0.234. The topological polar surface area (TPSA) is 307 Å². The summed E-state index contributed by atoms with van der Waals surface area (Å²) in [5, 5.41) is 121. The molecular weight excluding hydrogens is 1440 g/mol. The molecule has 0 bridgehead atoms. The van der Waals surface area contributed by atoms with Gasteiger partial charge in [0, 0.05) is 6.42 Å². The molecule has 1 amide bonds. The average Bonchev–Trinajstić information content (AvgIpc) is 0.777. The van der Waals surface area contributed by atoms with Crippen LogP contribution in [0.2, 0.25) is 0 Å². The SMILES string of the molecule is CC/C=C\C/C=C\C/C=C\C/C=C\C/C=C\C/C=C\CCCCCCCCCCCCCCCCCCCCC(=O)NC(COC1OC(CO)C(OC2OC(CO)C(OC3OC(CO)C(O)C(O)C3O)C(O)C2O)C(O)C1O)C(O)/C=C/CC/C=C/CCCCCCCCCCCCCCCCCCCCCCCCCCCC. The lowest BCUT2D eigenvalue weighted by atomic mass is 9.96. The van der Waals surface area contributed by atoms with Crippen molar-refractivity contribution in [2.75, 3.05) is 26.4 Å². The Hall–Kier alpha value is -3.29. The minimum Gasteiger partial charge on any atom is -0.394 e. The molecule has 662 valence electrons. The van der Waals surface area contributed by atoms with Gasteiger partial charge in [-0.2, -0.15) is 0 Å². The number of allylic oxidation sites excluding steroid dienone is 15. The van der Waals surface area contributed by atoms with E-state index in [4.69, 9.17) is 28.4 Å². The van der Waals surface area contributed by atoms with E-state index in [2.05, 4.69) is 104 Å². The first-order valence-corrected chi connectivity index (χ1v) is 46.5. The molecule has 3 aliphatic heterocycles. The van der Waals surface area contributed by atoms with Crippen LogP contribution in [-0.4, -0.2) is 193 Å². The van der Waals surface area contributed by atoms with Crippen molar-refractivity contribution in [3.05, 3.63) is 97.2 Å². The quantitative estimate of drug-likeness (QED) is 0.0199. The van der Waals surface area contributed by atoms with Crippen LogP contribution < -0.4 is 5.32 Å². The van der Waals surface area contributed by atoms with Gasteiger partial charge >= 0.3 is 0 Å². The van der Waals surface area contributed by atoms with E-state index in [9.17, 15) is 61.0 Å². The highest BCUT2D eigenvalue weighted by molar-refractivity contribution is 5.76. The van der Waals surface area contributed by atoms with E-state index in [1.807, 2.05) is 6.08 Å². The van der Waals surface area contributed by atoms with Crippen molar-refractivity contribution in [2.45, 2.75) is 471 Å². The van der Waals surface area contributed by atoms with Gasteiger partial charge in [-0.15, -0.1) is 0 Å². The van der Waals surface area contributed by atoms with Crippen molar-refractivity contribution in [1.82, 2.24) is 5.32 Å². The Morgan fingerprint density at radius 1 is 0.325 bits per heavy atom. The van der Waals surface area contributed by atoms with Crippen molar-refractivity contribution in [2.24, 2.45) is 0 Å². The predicted octanol–water partition coefficient (Wildman–Crippen LogP) is 18.2. The van der Waals surface area contributed by atoms with Crippen molar-refractivity contribution in [3.63, 3.8) is 0 Å². The van der Waals surface area contributed by atoms with Gasteiger partial charge in [0.1, 0.15) is 73.2 Å². The van der Waals surface area contributed by atoms with Gasteiger partial charge in [-0.3, -0.25) is 4.79 Å². The van der Waals surface area contributed by atoms with Crippen LogP contribution >= 0.6 is 0 Å². The number of hydrogen-bond donors (Lipinski definition) is 12. The number of aliphatic hydroxyl groups excluding tert-OH is 11. The Labute approximate surface area is 692 Å². The molecule has 19 heteroatoms. The van der Waals surface area contributed by atoms with Gasteiger partial charge in [0.25, 0.3) is 0 Å². The number of unbranched alkanes of at least 4 members (excludes halogenated alkanes) is 45. The standard InChI is InChI=1S/C95H169NO18/c1-3-5-7-9-11-13-15-17-19-21-23-25-27-29-31-33-35-37-38-39-40-41-43-45-47-49-51-53-55-57-59-61-63-65-67-69-71-73-83(101)96-78(79(100)72-70-68-66-64-62-60-58-56-54-52-50-48-46-44-42-36-34-32-30-28-26-24-22-20-18-16-14-12-10-8-6-4-2)77-109-93-89(107)86(104)91(81(75-98)111-93)114-95-90(108)87(105)92(82(76-99)112-95)113-94-88(106)85(103)84(102)80(74-97)110-94/h5,7,11,13,17,19,23,25,29,31,35,37,62,64,70,72,78-82,84-95,97-100,102-108H,3-4,6,8-10,12,14-16,18,20-22,24,26-28,30,32-34,36,38-61,63,65-69,71,73-77H2,1-2H3,(H,96,101)/b7-5-,13-11-,19-17-,25-23-,31-29-,37-35-,64-62+,72-70+. The van der Waals surface area contributed by atoms with Crippen LogP contribution in [-0.2, 0) is 33.2 Å². The van der Waals surface area contributed by atoms with Gasteiger partial charge in [-0.1, -0.05) is 374 Å². The maximum absolute atomic E-state index is 13.5. The second kappa shape index (κ2) is 73.6. The zero-order valence-electron chi connectivity index (χ0n) is 71.5. The molecule has 17 unspecified atom stereocenters. The van der Waals surface area contributed by atoms with Crippen LogP contribution in [0.1, 0.15) is 367 Å². The van der Waals surface area contributed by atoms with Crippen LogP contribution in [0.25, 0.3) is 0 Å². The highest BCUT2D eigenvalue weighted by atomic mass is 16.8. The Balaban J connectivity index is 1.32. The number of nitrogens with one attached hydrogen (secondary N) is 1. The molecule has 0 saturated carbocycles. The number of rotatable bonds is 75. The fraction of sp³-hybridized carbons (Fsp3) is 0.821. The first-order valence-electron chi connectivity index (χ1n) is 46.5. The summed E-state index contributed by atoms with van der Waals surface area (Å²) in [4.78, 5) is 13.5. The molecule has 114 heavy (non-hydrogen) atoms. The van der Waals surface area contributed by atoms with Crippen LogP contribution in [0.3, 0.4) is 0 Å². The summed E-state index contributed by atoms with van der Waals surface area (Å²) in [7, 11) is 0. The second-order valence-corrected chi connectivity index (χ2v) is 32.7. The highest BCUT2D eigenvalue weighted by Crippen LogP contribution is 2.34. The lowest BCUT2D eigenvalue weighted by Crippen LogP contribution is -2.66. The Bertz CT molecular complexity index is 2430. The summed E-state index contributed by atoms with van der Waals surface area (Å²) in [6, 6.07) is -0.996. The molecule has 0 radical (unpaired) electrons. The van der Waals surface area contributed by atoms with E-state index in [1.165, 1.54) is 257 Å². The molecule has 3 heterocycles. The first-order chi connectivity index (χ1) is 55.8. The molecular formula is C95H169NO18. The van der Waals surface area contributed by atoms with Crippen molar-refractivity contribution >= 4 is 5.91 Å². The monoisotopic (exact) mass is 1610 g/mol. The third-order valence-electron chi connectivity index (χ3n) is 22.6. The Morgan fingerprint density at radius 2 is 0.614 bits per heavy atom. The molecule has 19 nitrogen and oxygen atoms in total. The molecule has 0 aliphatic carbocycles. The maximum Gasteiger partial charge on any atom is 0.220 e. The molecule has 3 saturated heterocycles. The molecule has 17 atom stereocenters. The summed E-state index contributed by atoms with van der Waals surface area (Å²) < 4.78 is 34.5. The zero-order chi connectivity index (χ0) is 82.4. The normalized spacial score (nSPS) is 25.1. The van der Waals surface area contributed by atoms with Crippen LogP contribution in [0.15, 0.2) is 97.2 Å². The van der Waals surface area contributed by atoms with E-state index < -0.39 is 124 Å². The van der Waals surface area contributed by atoms with Crippen molar-refractivity contribution in [1.29, 1.82) is 0 Å². The van der Waals surface area contributed by atoms with E-state index >= 15 is 0 Å². The Morgan fingerprint density at radius 3 is 0.982 bits per heavy atom. The molecule has 3 rings (SSSR count). The molecule has 0 spiro atoms. The molecule has 0 aromatic carbocycles. The summed E-state index contributed by atoms with van der Waals surface area (Å²) in [5.74, 6) is -0.282. The summed E-state index contributed by atoms with van der Waals surface area (Å²) in [6.07, 6.45) is 75.7. The van der Waals surface area contributed by atoms with Crippen LogP contribution in [0, 0.1) is 0 Å². The highest BCUT2D eigenvalue weighted by Gasteiger charge is 2.54. The molecule has 0 aromatic rings. The van der Waals surface area contributed by atoms with Gasteiger partial charge in [0.15, 0.2) is 18.9 Å². The third kappa shape index (κ3) is 51.4. The van der Waals surface area contributed by atoms with Gasteiger partial charge < -0.3 is 89.9 Å². The fourth-order valence-electron chi connectivity index (χ4n) is 15.3. The number of carbonyl (C=O) groups is 1. The summed E-state index contributed by atoms with van der Waals surface area (Å²) in [6.45, 7) is 1.65. The van der Waals surface area contributed by atoms with E-state index in [0.717, 1.165) is 77.0 Å². The predicted molar refractivity (Wildman–Crippen MR) is 461 cm³/mol. The maximum atomic E-state index is 13.5. The van der Waals surface area contributed by atoms with Crippen LogP contribution in [0.5, 0.6) is 0 Å². The average molecular weight is 1610 g/mol. The van der Waals surface area contributed by atoms with Crippen molar-refractivity contribution in [3.8, 4) is 0 Å². The van der Waals surface area contributed by atoms with Crippen LogP contribution in [0.4, 0.5) is 0 Å². The van der Waals surface area contributed by atoms with Gasteiger partial charge in [-0.25, -0.2) is 0 Å². The van der Waals surface area contributed by atoms with E-state index in [0.29, 0.717) is 12.8 Å².